The summed E-state index contributed by atoms with van der Waals surface area (Å²) in [6, 6.07) is 14.9. The van der Waals surface area contributed by atoms with Crippen molar-refractivity contribution < 1.29 is 4.79 Å². The van der Waals surface area contributed by atoms with Crippen molar-refractivity contribution in [1.29, 1.82) is 0 Å². The molecule has 3 heteroatoms. The Morgan fingerprint density at radius 1 is 1.05 bits per heavy atom. The molecule has 0 heterocycles. The van der Waals surface area contributed by atoms with Gasteiger partial charge in [-0.15, -0.1) is 0 Å². The van der Waals surface area contributed by atoms with Crippen LogP contribution in [0, 0.1) is 0 Å². The molecular formula is C16H18N2O. The van der Waals surface area contributed by atoms with E-state index in [1.54, 1.807) is 18.2 Å². The van der Waals surface area contributed by atoms with Crippen molar-refractivity contribution in [1.82, 2.24) is 0 Å². The maximum Gasteiger partial charge on any atom is 0.257 e. The van der Waals surface area contributed by atoms with Crippen LogP contribution in [-0.4, -0.2) is 5.91 Å². The topological polar surface area (TPSA) is 55.1 Å². The van der Waals surface area contributed by atoms with Crippen LogP contribution in [0.4, 0.5) is 11.4 Å². The monoisotopic (exact) mass is 254 g/mol. The fourth-order valence-electron chi connectivity index (χ4n) is 2.01. The standard InChI is InChI=1S/C16H18N2O/c1-11(2)12-7-4-6-10-15(12)18-16(19)13-8-3-5-9-14(13)17/h3-11H,17H2,1-2H3,(H,18,19). The highest BCUT2D eigenvalue weighted by atomic mass is 16.1. The summed E-state index contributed by atoms with van der Waals surface area (Å²) >= 11 is 0. The lowest BCUT2D eigenvalue weighted by molar-refractivity contribution is 0.102. The van der Waals surface area contributed by atoms with Crippen LogP contribution < -0.4 is 11.1 Å². The number of hydrogen-bond acceptors (Lipinski definition) is 2. The van der Waals surface area contributed by atoms with Gasteiger partial charge in [0.05, 0.1) is 5.56 Å². The minimum absolute atomic E-state index is 0.175. The fourth-order valence-corrected chi connectivity index (χ4v) is 2.01. The van der Waals surface area contributed by atoms with Crippen molar-refractivity contribution in [2.45, 2.75) is 19.8 Å². The molecule has 0 unspecified atom stereocenters. The van der Waals surface area contributed by atoms with E-state index in [0.29, 0.717) is 17.2 Å². The Morgan fingerprint density at radius 3 is 2.37 bits per heavy atom. The average Bonchev–Trinajstić information content (AvgIpc) is 2.39. The summed E-state index contributed by atoms with van der Waals surface area (Å²) in [5.41, 5.74) is 8.76. The van der Waals surface area contributed by atoms with Gasteiger partial charge in [-0.05, 0) is 29.7 Å². The van der Waals surface area contributed by atoms with Crippen LogP contribution in [0.2, 0.25) is 0 Å². The lowest BCUT2D eigenvalue weighted by Crippen LogP contribution is -2.15. The third kappa shape index (κ3) is 2.94. The number of nitrogens with one attached hydrogen (secondary N) is 1. The van der Waals surface area contributed by atoms with Crippen molar-refractivity contribution in [2.24, 2.45) is 0 Å². The highest BCUT2D eigenvalue weighted by Crippen LogP contribution is 2.24. The minimum atomic E-state index is -0.175. The van der Waals surface area contributed by atoms with Crippen molar-refractivity contribution in [2.75, 3.05) is 11.1 Å². The largest absolute Gasteiger partial charge is 0.398 e. The first-order valence-corrected chi connectivity index (χ1v) is 6.34. The van der Waals surface area contributed by atoms with E-state index < -0.39 is 0 Å². The van der Waals surface area contributed by atoms with Crippen LogP contribution in [0.25, 0.3) is 0 Å². The number of rotatable bonds is 3. The van der Waals surface area contributed by atoms with Gasteiger partial charge in [0.15, 0.2) is 0 Å². The van der Waals surface area contributed by atoms with E-state index in [2.05, 4.69) is 19.2 Å². The van der Waals surface area contributed by atoms with Gasteiger partial charge >= 0.3 is 0 Å². The Bertz CT molecular complexity index is 591. The first-order chi connectivity index (χ1) is 9.09. The van der Waals surface area contributed by atoms with Crippen LogP contribution in [0.1, 0.15) is 35.7 Å². The number of hydrogen-bond donors (Lipinski definition) is 2. The summed E-state index contributed by atoms with van der Waals surface area (Å²) in [5.74, 6) is 0.177. The van der Waals surface area contributed by atoms with Gasteiger partial charge in [-0.25, -0.2) is 0 Å². The van der Waals surface area contributed by atoms with Gasteiger partial charge < -0.3 is 11.1 Å². The molecule has 0 radical (unpaired) electrons. The van der Waals surface area contributed by atoms with E-state index in [1.807, 2.05) is 30.3 Å². The Hall–Kier alpha value is -2.29. The molecule has 3 nitrogen and oxygen atoms in total. The Labute approximate surface area is 113 Å². The van der Waals surface area contributed by atoms with E-state index in [1.165, 1.54) is 0 Å². The summed E-state index contributed by atoms with van der Waals surface area (Å²) < 4.78 is 0. The van der Waals surface area contributed by atoms with Crippen LogP contribution in [0.3, 0.4) is 0 Å². The molecule has 1 amide bonds. The number of nitrogens with two attached hydrogens (primary N) is 1. The van der Waals surface area contributed by atoms with Gasteiger partial charge in [0.1, 0.15) is 0 Å². The molecule has 0 atom stereocenters. The number of carbonyl (C=O) groups excluding carboxylic acids is 1. The number of para-hydroxylation sites is 2. The minimum Gasteiger partial charge on any atom is -0.398 e. The second-order valence-corrected chi connectivity index (χ2v) is 4.78. The number of anilines is 2. The number of carbonyl (C=O) groups is 1. The molecule has 2 aromatic carbocycles. The van der Waals surface area contributed by atoms with E-state index in [4.69, 9.17) is 5.73 Å². The molecule has 98 valence electrons. The van der Waals surface area contributed by atoms with Gasteiger partial charge in [-0.2, -0.15) is 0 Å². The first kappa shape index (κ1) is 13.1. The molecule has 0 bridgehead atoms. The van der Waals surface area contributed by atoms with Crippen molar-refractivity contribution >= 4 is 17.3 Å². The molecule has 19 heavy (non-hydrogen) atoms. The van der Waals surface area contributed by atoms with Gasteiger partial charge in [0.25, 0.3) is 5.91 Å². The van der Waals surface area contributed by atoms with Crippen LogP contribution in [0.5, 0.6) is 0 Å². The summed E-state index contributed by atoms with van der Waals surface area (Å²) in [4.78, 5) is 12.2. The molecule has 0 saturated carbocycles. The van der Waals surface area contributed by atoms with E-state index in [-0.39, 0.29) is 5.91 Å². The number of amides is 1. The predicted octanol–water partition coefficient (Wildman–Crippen LogP) is 3.64. The second-order valence-electron chi connectivity index (χ2n) is 4.78. The third-order valence-corrected chi connectivity index (χ3v) is 3.04. The van der Waals surface area contributed by atoms with E-state index in [9.17, 15) is 4.79 Å². The van der Waals surface area contributed by atoms with Gasteiger partial charge in [0, 0.05) is 11.4 Å². The maximum atomic E-state index is 12.2. The average molecular weight is 254 g/mol. The fraction of sp³-hybridized carbons (Fsp3) is 0.188. The molecule has 0 spiro atoms. The van der Waals surface area contributed by atoms with Crippen LogP contribution in [0.15, 0.2) is 48.5 Å². The molecular weight excluding hydrogens is 236 g/mol. The summed E-state index contributed by atoms with van der Waals surface area (Å²) in [5, 5.41) is 2.93. The summed E-state index contributed by atoms with van der Waals surface area (Å²) in [7, 11) is 0. The number of benzene rings is 2. The molecule has 0 aliphatic rings. The highest BCUT2D eigenvalue weighted by molar-refractivity contribution is 6.08. The van der Waals surface area contributed by atoms with E-state index in [0.717, 1.165) is 11.3 Å². The normalized spacial score (nSPS) is 10.5. The molecule has 2 rings (SSSR count). The second kappa shape index (κ2) is 5.57. The van der Waals surface area contributed by atoms with Crippen molar-refractivity contribution in [3.63, 3.8) is 0 Å². The SMILES string of the molecule is CC(C)c1ccccc1NC(=O)c1ccccc1N. The lowest BCUT2D eigenvalue weighted by atomic mass is 10.0. The highest BCUT2D eigenvalue weighted by Gasteiger charge is 2.12. The smallest absolute Gasteiger partial charge is 0.257 e. The van der Waals surface area contributed by atoms with E-state index >= 15 is 0 Å². The molecule has 0 saturated heterocycles. The van der Waals surface area contributed by atoms with Gasteiger partial charge in [-0.1, -0.05) is 44.2 Å². The van der Waals surface area contributed by atoms with Crippen LogP contribution >= 0.6 is 0 Å². The van der Waals surface area contributed by atoms with Crippen molar-refractivity contribution in [3.05, 3.63) is 59.7 Å². The third-order valence-electron chi connectivity index (χ3n) is 3.04. The molecule has 0 fully saturated rings. The summed E-state index contributed by atoms with van der Waals surface area (Å²) in [6.45, 7) is 4.20. The molecule has 0 aliphatic carbocycles. The zero-order valence-electron chi connectivity index (χ0n) is 11.2. The van der Waals surface area contributed by atoms with Gasteiger partial charge in [0.2, 0.25) is 0 Å². The van der Waals surface area contributed by atoms with Crippen LogP contribution in [-0.2, 0) is 0 Å². The molecule has 0 aliphatic heterocycles. The Kier molecular flexibility index (Phi) is 3.85. The first-order valence-electron chi connectivity index (χ1n) is 6.34. The van der Waals surface area contributed by atoms with Crippen molar-refractivity contribution in [3.8, 4) is 0 Å². The lowest BCUT2D eigenvalue weighted by Gasteiger charge is -2.14. The summed E-state index contributed by atoms with van der Waals surface area (Å²) in [6.07, 6.45) is 0. The Morgan fingerprint density at radius 2 is 1.68 bits per heavy atom. The molecule has 3 N–H and O–H groups in total. The van der Waals surface area contributed by atoms with Gasteiger partial charge in [-0.3, -0.25) is 4.79 Å². The molecule has 0 aromatic heterocycles. The zero-order valence-corrected chi connectivity index (χ0v) is 11.2. The number of nitrogen functional groups attached to an aromatic ring is 1. The Balaban J connectivity index is 2.27. The maximum absolute atomic E-state index is 12.2. The quantitative estimate of drug-likeness (QED) is 0.821. The molecule has 2 aromatic rings. The predicted molar refractivity (Wildman–Crippen MR) is 79.3 cm³/mol. The zero-order chi connectivity index (χ0) is 13.8.